The van der Waals surface area contributed by atoms with E-state index in [4.69, 9.17) is 0 Å². The van der Waals surface area contributed by atoms with Gasteiger partial charge in [0.1, 0.15) is 0 Å². The first kappa shape index (κ1) is 11.9. The van der Waals surface area contributed by atoms with Gasteiger partial charge in [-0.15, -0.1) is 0 Å². The van der Waals surface area contributed by atoms with Crippen LogP contribution < -0.4 is 0 Å². The van der Waals surface area contributed by atoms with E-state index in [0.717, 1.165) is 8.95 Å². The third-order valence-electron chi connectivity index (χ3n) is 3.50. The molecule has 92 valence electrons. The fourth-order valence-electron chi connectivity index (χ4n) is 2.66. The van der Waals surface area contributed by atoms with Crippen molar-refractivity contribution in [3.8, 4) is 0 Å². The number of hydrogen-bond acceptors (Lipinski definition) is 1. The van der Waals surface area contributed by atoms with Crippen LogP contribution in [0.2, 0.25) is 0 Å². The molecule has 0 atom stereocenters. The smallest absolute Gasteiger partial charge is 0.0181 e. The van der Waals surface area contributed by atoms with Crippen LogP contribution in [0.4, 0.5) is 0 Å². The molecule has 0 radical (unpaired) electrons. The monoisotopic (exact) mass is 390 g/mol. The summed E-state index contributed by atoms with van der Waals surface area (Å²) in [6, 6.07) is 13.1. The van der Waals surface area contributed by atoms with Crippen LogP contribution >= 0.6 is 43.2 Å². The molecule has 0 amide bonds. The highest BCUT2D eigenvalue weighted by Gasteiger charge is 2.09. The maximum Gasteiger partial charge on any atom is 0.0181 e. The summed E-state index contributed by atoms with van der Waals surface area (Å²) >= 11 is 8.93. The van der Waals surface area contributed by atoms with Gasteiger partial charge >= 0.3 is 0 Å². The molecule has 0 unspecified atom stereocenters. The highest BCUT2D eigenvalue weighted by molar-refractivity contribution is 9.10. The highest BCUT2D eigenvalue weighted by atomic mass is 79.9. The van der Waals surface area contributed by atoms with Crippen molar-refractivity contribution >= 4 is 75.5 Å². The Labute approximate surface area is 131 Å². The zero-order chi connectivity index (χ0) is 13.0. The van der Waals surface area contributed by atoms with Gasteiger partial charge in [0.2, 0.25) is 0 Å². The van der Waals surface area contributed by atoms with Gasteiger partial charge in [-0.3, -0.25) is 0 Å². The molecule has 3 heteroatoms. The summed E-state index contributed by atoms with van der Waals surface area (Å²) < 4.78 is 2.24. The molecular weight excluding hydrogens is 384 g/mol. The molecule has 3 aromatic carbocycles. The van der Waals surface area contributed by atoms with E-state index in [-0.39, 0.29) is 0 Å². The number of rotatable bonds is 0. The summed E-state index contributed by atoms with van der Waals surface area (Å²) in [5.41, 5.74) is 0. The molecule has 0 bridgehead atoms. The van der Waals surface area contributed by atoms with Crippen LogP contribution in [0.15, 0.2) is 56.1 Å². The van der Waals surface area contributed by atoms with Crippen molar-refractivity contribution in [2.24, 2.45) is 0 Å². The first-order valence-electron chi connectivity index (χ1n) is 5.90. The Morgan fingerprint density at radius 3 is 1.53 bits per heavy atom. The van der Waals surface area contributed by atoms with Crippen molar-refractivity contribution in [2.75, 3.05) is 0 Å². The summed E-state index contributed by atoms with van der Waals surface area (Å²) in [7, 11) is 0. The minimum atomic E-state index is 1.12. The maximum absolute atomic E-state index is 3.58. The molecule has 0 fully saturated rings. The third kappa shape index (κ3) is 1.76. The topological polar surface area (TPSA) is 0 Å². The Kier molecular flexibility index (Phi) is 2.69. The SMILES string of the molecule is Brc1ccc2c3cscc3c3ccc(Br)cc3c2c1. The molecule has 0 spiro atoms. The largest absolute Gasteiger partial charge is 0.151 e. The van der Waals surface area contributed by atoms with Crippen LogP contribution in [0.25, 0.3) is 32.3 Å². The number of halogens is 2. The lowest BCUT2D eigenvalue weighted by molar-refractivity contribution is 1.73. The second kappa shape index (κ2) is 4.30. The average molecular weight is 392 g/mol. The van der Waals surface area contributed by atoms with Crippen LogP contribution in [0, 0.1) is 0 Å². The van der Waals surface area contributed by atoms with E-state index in [1.54, 1.807) is 11.3 Å². The van der Waals surface area contributed by atoms with Crippen LogP contribution in [-0.4, -0.2) is 0 Å². The number of fused-ring (bicyclic) bond motifs is 6. The molecule has 1 heterocycles. The van der Waals surface area contributed by atoms with Gasteiger partial charge in [0.15, 0.2) is 0 Å². The second-order valence-corrected chi connectivity index (χ2v) is 7.15. The summed E-state index contributed by atoms with van der Waals surface area (Å²) in [6.45, 7) is 0. The summed E-state index contributed by atoms with van der Waals surface area (Å²) in [4.78, 5) is 0. The van der Waals surface area contributed by atoms with Gasteiger partial charge in [-0.2, -0.15) is 11.3 Å². The van der Waals surface area contributed by atoms with Crippen molar-refractivity contribution in [1.29, 1.82) is 0 Å². The fraction of sp³-hybridized carbons (Fsp3) is 0. The second-order valence-electron chi connectivity index (χ2n) is 4.58. The molecule has 0 saturated heterocycles. The first-order valence-corrected chi connectivity index (χ1v) is 8.43. The fourth-order valence-corrected chi connectivity index (χ4v) is 4.23. The van der Waals surface area contributed by atoms with Crippen molar-refractivity contribution in [2.45, 2.75) is 0 Å². The van der Waals surface area contributed by atoms with E-state index in [1.807, 2.05) is 0 Å². The molecule has 19 heavy (non-hydrogen) atoms. The van der Waals surface area contributed by atoms with Crippen LogP contribution in [0.5, 0.6) is 0 Å². The average Bonchev–Trinajstić information content (AvgIpc) is 2.88. The molecule has 0 aliphatic carbocycles. The quantitative estimate of drug-likeness (QED) is 0.291. The molecule has 0 nitrogen and oxygen atoms in total. The number of thiophene rings is 1. The van der Waals surface area contributed by atoms with Crippen LogP contribution in [0.3, 0.4) is 0 Å². The molecule has 0 N–H and O–H groups in total. The maximum atomic E-state index is 3.58. The van der Waals surface area contributed by atoms with E-state index >= 15 is 0 Å². The lowest BCUT2D eigenvalue weighted by Gasteiger charge is -2.08. The lowest BCUT2D eigenvalue weighted by atomic mass is 9.97. The molecule has 1 aromatic heterocycles. The van der Waals surface area contributed by atoms with Crippen LogP contribution in [-0.2, 0) is 0 Å². The van der Waals surface area contributed by atoms with Gasteiger partial charge in [-0.25, -0.2) is 0 Å². The summed E-state index contributed by atoms with van der Waals surface area (Å²) in [6.07, 6.45) is 0. The van der Waals surface area contributed by atoms with Crippen molar-refractivity contribution < 1.29 is 0 Å². The Balaban J connectivity index is 2.41. The molecule has 0 saturated carbocycles. The van der Waals surface area contributed by atoms with Gasteiger partial charge in [0.25, 0.3) is 0 Å². The summed E-state index contributed by atoms with van der Waals surface area (Å²) in [5, 5.41) is 12.4. The Bertz CT molecular complexity index is 862. The van der Waals surface area contributed by atoms with E-state index in [0.29, 0.717) is 0 Å². The van der Waals surface area contributed by atoms with Crippen molar-refractivity contribution in [3.05, 3.63) is 56.1 Å². The van der Waals surface area contributed by atoms with E-state index in [9.17, 15) is 0 Å². The lowest BCUT2D eigenvalue weighted by Crippen LogP contribution is -1.81. The van der Waals surface area contributed by atoms with Crippen LogP contribution in [0.1, 0.15) is 0 Å². The van der Waals surface area contributed by atoms with Crippen molar-refractivity contribution in [3.63, 3.8) is 0 Å². The van der Waals surface area contributed by atoms with Gasteiger partial charge in [0, 0.05) is 19.7 Å². The van der Waals surface area contributed by atoms with Gasteiger partial charge in [-0.1, -0.05) is 44.0 Å². The minimum absolute atomic E-state index is 1.12. The predicted molar refractivity (Wildman–Crippen MR) is 92.2 cm³/mol. The van der Waals surface area contributed by atoms with Crippen molar-refractivity contribution in [1.82, 2.24) is 0 Å². The summed E-state index contributed by atoms with van der Waals surface area (Å²) in [5.74, 6) is 0. The van der Waals surface area contributed by atoms with E-state index in [2.05, 4.69) is 79.0 Å². The van der Waals surface area contributed by atoms with E-state index < -0.39 is 0 Å². The number of hydrogen-bond donors (Lipinski definition) is 0. The van der Waals surface area contributed by atoms with E-state index in [1.165, 1.54) is 32.3 Å². The standard InChI is InChI=1S/C16H8Br2S/c17-9-1-3-11-13(5-9)14-6-10(18)2-4-12(14)16-8-19-7-15(11)16/h1-8H. The molecular formula is C16H8Br2S. The number of benzene rings is 3. The van der Waals surface area contributed by atoms with Gasteiger partial charge in [-0.05, 0) is 56.6 Å². The zero-order valence-electron chi connectivity index (χ0n) is 9.78. The minimum Gasteiger partial charge on any atom is -0.151 e. The predicted octanol–water partition coefficient (Wildman–Crippen LogP) is 6.73. The molecule has 0 aliphatic rings. The zero-order valence-corrected chi connectivity index (χ0v) is 13.8. The molecule has 0 aliphatic heterocycles. The highest BCUT2D eigenvalue weighted by Crippen LogP contribution is 2.38. The molecule has 4 aromatic rings. The van der Waals surface area contributed by atoms with Gasteiger partial charge < -0.3 is 0 Å². The Morgan fingerprint density at radius 1 is 0.579 bits per heavy atom. The Hall–Kier alpha value is -0.900. The first-order chi connectivity index (χ1) is 9.24. The van der Waals surface area contributed by atoms with Gasteiger partial charge in [0.05, 0.1) is 0 Å². The molecule has 4 rings (SSSR count). The normalized spacial score (nSPS) is 11.7. The Morgan fingerprint density at radius 2 is 1.05 bits per heavy atom. The third-order valence-corrected chi connectivity index (χ3v) is 5.23.